The number of amides is 1. The second kappa shape index (κ2) is 9.89. The fourth-order valence-electron chi connectivity index (χ4n) is 2.72. The molecule has 3 aromatic carbocycles. The highest BCUT2D eigenvalue weighted by molar-refractivity contribution is 6.32. The van der Waals surface area contributed by atoms with Crippen LogP contribution in [0, 0.1) is 0 Å². The molecule has 0 unspecified atom stereocenters. The van der Waals surface area contributed by atoms with Crippen LogP contribution in [0.25, 0.3) is 0 Å². The van der Waals surface area contributed by atoms with E-state index in [9.17, 15) is 4.79 Å². The number of methoxy groups -OCH3 is 2. The van der Waals surface area contributed by atoms with Gasteiger partial charge in [0.05, 0.1) is 25.8 Å². The Kier molecular flexibility index (Phi) is 7.03. The van der Waals surface area contributed by atoms with E-state index < -0.39 is 0 Å². The van der Waals surface area contributed by atoms with Crippen LogP contribution in [-0.2, 0) is 0 Å². The molecule has 0 aliphatic heterocycles. The Labute approximate surface area is 180 Å². The van der Waals surface area contributed by atoms with E-state index in [4.69, 9.17) is 30.5 Å². The van der Waals surface area contributed by atoms with Crippen molar-refractivity contribution < 1.29 is 23.7 Å². The molecule has 0 atom stereocenters. The third-order valence-electron chi connectivity index (χ3n) is 4.19. The zero-order valence-electron chi connectivity index (χ0n) is 16.9. The van der Waals surface area contributed by atoms with Gasteiger partial charge in [-0.3, -0.25) is 4.79 Å². The van der Waals surface area contributed by atoms with Gasteiger partial charge in [0.1, 0.15) is 17.2 Å². The van der Waals surface area contributed by atoms with Gasteiger partial charge in [0.2, 0.25) is 0 Å². The molecule has 0 saturated carbocycles. The number of hydrogen-bond acceptors (Lipinski definition) is 5. The quantitative estimate of drug-likeness (QED) is 0.492. The molecule has 156 valence electrons. The second-order valence-corrected chi connectivity index (χ2v) is 6.59. The zero-order valence-corrected chi connectivity index (χ0v) is 17.7. The van der Waals surface area contributed by atoms with Crippen LogP contribution in [0.5, 0.6) is 28.7 Å². The lowest BCUT2D eigenvalue weighted by molar-refractivity contribution is 0.102. The molecule has 3 aromatic rings. The first kappa shape index (κ1) is 21.3. The summed E-state index contributed by atoms with van der Waals surface area (Å²) >= 11 is 6.25. The molecule has 30 heavy (non-hydrogen) atoms. The van der Waals surface area contributed by atoms with Gasteiger partial charge in [-0.25, -0.2) is 0 Å². The molecule has 0 radical (unpaired) electrons. The van der Waals surface area contributed by atoms with Crippen LogP contribution in [-0.4, -0.2) is 26.7 Å². The van der Waals surface area contributed by atoms with Gasteiger partial charge in [-0.1, -0.05) is 11.6 Å². The van der Waals surface area contributed by atoms with E-state index in [2.05, 4.69) is 5.32 Å². The zero-order chi connectivity index (χ0) is 21.5. The molecular formula is C23H22ClNO5. The number of nitrogens with one attached hydrogen (secondary N) is 1. The van der Waals surface area contributed by atoms with Crippen LogP contribution in [0.2, 0.25) is 5.02 Å². The molecule has 0 fully saturated rings. The van der Waals surface area contributed by atoms with Crippen LogP contribution in [0.15, 0.2) is 60.7 Å². The number of rotatable bonds is 8. The molecule has 0 bridgehead atoms. The van der Waals surface area contributed by atoms with Gasteiger partial charge in [-0.2, -0.15) is 0 Å². The third-order valence-corrected chi connectivity index (χ3v) is 4.47. The van der Waals surface area contributed by atoms with Crippen molar-refractivity contribution in [1.29, 1.82) is 0 Å². The Morgan fingerprint density at radius 1 is 0.900 bits per heavy atom. The SMILES string of the molecule is CCOc1c(Cl)cc(C(=O)Nc2ccc(Oc3ccc(OC)cc3)cc2)cc1OC. The van der Waals surface area contributed by atoms with E-state index in [1.54, 1.807) is 43.5 Å². The summed E-state index contributed by atoms with van der Waals surface area (Å²) in [6.45, 7) is 2.28. The first-order valence-corrected chi connectivity index (χ1v) is 9.65. The fourth-order valence-corrected chi connectivity index (χ4v) is 2.99. The predicted molar refractivity (Wildman–Crippen MR) is 117 cm³/mol. The molecule has 6 nitrogen and oxygen atoms in total. The lowest BCUT2D eigenvalue weighted by atomic mass is 10.1. The topological polar surface area (TPSA) is 66.0 Å². The predicted octanol–water partition coefficient (Wildman–Crippen LogP) is 5.80. The van der Waals surface area contributed by atoms with Gasteiger partial charge in [0.15, 0.2) is 11.5 Å². The van der Waals surface area contributed by atoms with Gasteiger partial charge in [-0.05, 0) is 67.6 Å². The first-order valence-electron chi connectivity index (χ1n) is 9.27. The molecule has 0 aromatic heterocycles. The number of carbonyl (C=O) groups is 1. The Morgan fingerprint density at radius 3 is 2.07 bits per heavy atom. The van der Waals surface area contributed by atoms with Crippen molar-refractivity contribution in [3.63, 3.8) is 0 Å². The van der Waals surface area contributed by atoms with Crippen molar-refractivity contribution in [2.24, 2.45) is 0 Å². The molecule has 7 heteroatoms. The van der Waals surface area contributed by atoms with E-state index in [0.717, 1.165) is 5.75 Å². The molecular weight excluding hydrogens is 406 g/mol. The summed E-state index contributed by atoms with van der Waals surface area (Å²) in [5.74, 6) is 2.58. The minimum atomic E-state index is -0.318. The smallest absolute Gasteiger partial charge is 0.255 e. The lowest BCUT2D eigenvalue weighted by Crippen LogP contribution is -2.12. The molecule has 0 spiro atoms. The first-order chi connectivity index (χ1) is 14.5. The van der Waals surface area contributed by atoms with Crippen LogP contribution >= 0.6 is 11.6 Å². The van der Waals surface area contributed by atoms with Gasteiger partial charge in [0, 0.05) is 11.3 Å². The number of hydrogen-bond donors (Lipinski definition) is 1. The van der Waals surface area contributed by atoms with Crippen molar-refractivity contribution in [3.05, 3.63) is 71.2 Å². The molecule has 0 aliphatic rings. The summed E-state index contributed by atoms with van der Waals surface area (Å²) in [5.41, 5.74) is 0.977. The summed E-state index contributed by atoms with van der Waals surface area (Å²) in [5, 5.41) is 3.14. The maximum absolute atomic E-state index is 12.6. The Bertz CT molecular complexity index is 1000. The Hall–Kier alpha value is -3.38. The Morgan fingerprint density at radius 2 is 1.50 bits per heavy atom. The maximum Gasteiger partial charge on any atom is 0.255 e. The summed E-state index contributed by atoms with van der Waals surface area (Å²) in [6, 6.07) is 17.5. The van der Waals surface area contributed by atoms with Gasteiger partial charge in [0.25, 0.3) is 5.91 Å². The second-order valence-electron chi connectivity index (χ2n) is 6.18. The highest BCUT2D eigenvalue weighted by Crippen LogP contribution is 2.36. The van der Waals surface area contributed by atoms with Crippen LogP contribution in [0.1, 0.15) is 17.3 Å². The van der Waals surface area contributed by atoms with E-state index >= 15 is 0 Å². The van der Waals surface area contributed by atoms with Crippen molar-refractivity contribution in [1.82, 2.24) is 0 Å². The molecule has 1 amide bonds. The van der Waals surface area contributed by atoms with Gasteiger partial charge < -0.3 is 24.3 Å². The average molecular weight is 428 g/mol. The molecule has 1 N–H and O–H groups in total. The standard InChI is InChI=1S/C23H22ClNO5/c1-4-29-22-20(24)13-15(14-21(22)28-3)23(26)25-16-5-7-18(8-6-16)30-19-11-9-17(27-2)10-12-19/h5-14H,4H2,1-3H3,(H,25,26). The number of benzene rings is 3. The fraction of sp³-hybridized carbons (Fsp3) is 0.174. The summed E-state index contributed by atoms with van der Waals surface area (Å²) in [7, 11) is 3.11. The van der Waals surface area contributed by atoms with Crippen molar-refractivity contribution in [2.45, 2.75) is 6.92 Å². The highest BCUT2D eigenvalue weighted by Gasteiger charge is 2.16. The van der Waals surface area contributed by atoms with E-state index in [1.165, 1.54) is 7.11 Å². The largest absolute Gasteiger partial charge is 0.497 e. The normalized spacial score (nSPS) is 10.3. The van der Waals surface area contributed by atoms with E-state index in [0.29, 0.717) is 45.9 Å². The Balaban J connectivity index is 1.69. The minimum absolute atomic E-state index is 0.310. The highest BCUT2D eigenvalue weighted by atomic mass is 35.5. The summed E-state index contributed by atoms with van der Waals surface area (Å²) in [4.78, 5) is 12.6. The van der Waals surface area contributed by atoms with E-state index in [-0.39, 0.29) is 5.91 Å². The van der Waals surface area contributed by atoms with Gasteiger partial charge in [-0.15, -0.1) is 0 Å². The van der Waals surface area contributed by atoms with Crippen LogP contribution in [0.3, 0.4) is 0 Å². The molecule has 0 saturated heterocycles. The average Bonchev–Trinajstić information content (AvgIpc) is 2.77. The number of halogens is 1. The molecule has 0 heterocycles. The van der Waals surface area contributed by atoms with E-state index in [1.807, 2.05) is 31.2 Å². The van der Waals surface area contributed by atoms with Crippen LogP contribution < -0.4 is 24.3 Å². The molecule has 3 rings (SSSR count). The minimum Gasteiger partial charge on any atom is -0.497 e. The lowest BCUT2D eigenvalue weighted by Gasteiger charge is -2.13. The van der Waals surface area contributed by atoms with Gasteiger partial charge >= 0.3 is 0 Å². The van der Waals surface area contributed by atoms with Crippen molar-refractivity contribution >= 4 is 23.2 Å². The summed E-state index contributed by atoms with van der Waals surface area (Å²) < 4.78 is 21.7. The van der Waals surface area contributed by atoms with Crippen molar-refractivity contribution in [3.8, 4) is 28.7 Å². The van der Waals surface area contributed by atoms with Crippen LogP contribution in [0.4, 0.5) is 5.69 Å². The summed E-state index contributed by atoms with van der Waals surface area (Å²) in [6.07, 6.45) is 0. The number of anilines is 1. The number of ether oxygens (including phenoxy) is 4. The third kappa shape index (κ3) is 5.15. The van der Waals surface area contributed by atoms with Crippen molar-refractivity contribution in [2.75, 3.05) is 26.1 Å². The number of carbonyl (C=O) groups excluding carboxylic acids is 1. The monoisotopic (exact) mass is 427 g/mol. The maximum atomic E-state index is 12.6. The molecule has 0 aliphatic carbocycles.